The predicted molar refractivity (Wildman–Crippen MR) is 90.2 cm³/mol. The van der Waals surface area contributed by atoms with Crippen molar-refractivity contribution >= 4 is 5.69 Å². The van der Waals surface area contributed by atoms with E-state index in [0.717, 1.165) is 35.5 Å². The third-order valence-electron chi connectivity index (χ3n) is 5.12. The molecule has 21 heavy (non-hydrogen) atoms. The second-order valence-electron chi connectivity index (χ2n) is 6.40. The number of para-hydroxylation sites is 1. The van der Waals surface area contributed by atoms with Crippen molar-refractivity contribution < 1.29 is 4.11 Å². The van der Waals surface area contributed by atoms with Crippen LogP contribution in [0.1, 0.15) is 62.5 Å². The standard InChI is InChI=1S/C19H28N2/c1-14-10-8-9-13-19(14)21-16(3)15(2)20(17(21)4)18-11-6-5-7-12-18/h8-10,13,17-18H,5-7,11-12H2,1-4H3/i4D3. The molecule has 0 spiro atoms. The lowest BCUT2D eigenvalue weighted by atomic mass is 9.94. The van der Waals surface area contributed by atoms with Crippen molar-refractivity contribution in [2.24, 2.45) is 0 Å². The van der Waals surface area contributed by atoms with Gasteiger partial charge in [0.2, 0.25) is 0 Å². The highest BCUT2D eigenvalue weighted by Crippen LogP contribution is 2.39. The maximum absolute atomic E-state index is 8.23. The van der Waals surface area contributed by atoms with E-state index in [4.69, 9.17) is 4.11 Å². The molecule has 1 aromatic carbocycles. The first kappa shape index (κ1) is 11.2. The average Bonchev–Trinajstić information content (AvgIpc) is 2.81. The highest BCUT2D eigenvalue weighted by molar-refractivity contribution is 5.60. The van der Waals surface area contributed by atoms with Crippen LogP contribution in [0, 0.1) is 6.92 Å². The molecule has 1 unspecified atom stereocenters. The van der Waals surface area contributed by atoms with Gasteiger partial charge >= 0.3 is 0 Å². The zero-order chi connectivity index (χ0) is 17.5. The molecule has 1 fully saturated rings. The van der Waals surface area contributed by atoms with Crippen LogP contribution in [0.4, 0.5) is 5.69 Å². The molecule has 1 aromatic rings. The highest BCUT2D eigenvalue weighted by atomic mass is 15.4. The topological polar surface area (TPSA) is 6.48 Å². The molecular weight excluding hydrogens is 256 g/mol. The Balaban J connectivity index is 2.06. The van der Waals surface area contributed by atoms with Crippen molar-refractivity contribution in [2.75, 3.05) is 4.90 Å². The molecule has 114 valence electrons. The van der Waals surface area contributed by atoms with E-state index in [9.17, 15) is 0 Å². The summed E-state index contributed by atoms with van der Waals surface area (Å²) in [6, 6.07) is 8.43. The Kier molecular flexibility index (Phi) is 3.06. The van der Waals surface area contributed by atoms with Gasteiger partial charge in [-0.05, 0) is 52.1 Å². The van der Waals surface area contributed by atoms with Crippen LogP contribution < -0.4 is 4.90 Å². The maximum atomic E-state index is 8.23. The molecule has 0 radical (unpaired) electrons. The molecule has 2 aliphatic rings. The van der Waals surface area contributed by atoms with E-state index in [0.29, 0.717) is 6.04 Å². The molecule has 1 saturated carbocycles. The van der Waals surface area contributed by atoms with E-state index in [2.05, 4.69) is 31.7 Å². The number of hydrogen-bond acceptors (Lipinski definition) is 2. The third-order valence-corrected chi connectivity index (χ3v) is 5.12. The van der Waals surface area contributed by atoms with E-state index in [-0.39, 0.29) is 0 Å². The van der Waals surface area contributed by atoms with Gasteiger partial charge in [-0.1, -0.05) is 37.5 Å². The van der Waals surface area contributed by atoms with Crippen LogP contribution in [0.3, 0.4) is 0 Å². The fraction of sp³-hybridized carbons (Fsp3) is 0.579. The molecule has 3 rings (SSSR count). The van der Waals surface area contributed by atoms with Gasteiger partial charge in [0.25, 0.3) is 0 Å². The van der Waals surface area contributed by atoms with Gasteiger partial charge < -0.3 is 9.80 Å². The normalized spacial score (nSPS) is 26.8. The SMILES string of the molecule is [2H]C([2H])([2H])C1N(c2ccccc2C)C(C)=C(C)N1C1CCCCC1. The zero-order valence-corrected chi connectivity index (χ0v) is 13.4. The van der Waals surface area contributed by atoms with Gasteiger partial charge in [0, 0.05) is 27.2 Å². The molecule has 0 bridgehead atoms. The van der Waals surface area contributed by atoms with Crippen LogP contribution >= 0.6 is 0 Å². The predicted octanol–water partition coefficient (Wildman–Crippen LogP) is 5.05. The number of nitrogens with zero attached hydrogens (tertiary/aromatic N) is 2. The molecular formula is C19H28N2. The van der Waals surface area contributed by atoms with E-state index in [1.807, 2.05) is 23.1 Å². The van der Waals surface area contributed by atoms with E-state index in [1.54, 1.807) is 0 Å². The van der Waals surface area contributed by atoms with Crippen LogP contribution in [0.2, 0.25) is 0 Å². The summed E-state index contributed by atoms with van der Waals surface area (Å²) in [5, 5.41) is 0. The van der Waals surface area contributed by atoms with E-state index >= 15 is 0 Å². The van der Waals surface area contributed by atoms with Crippen LogP contribution in [-0.4, -0.2) is 17.1 Å². The first-order valence-electron chi connectivity index (χ1n) is 9.63. The summed E-state index contributed by atoms with van der Waals surface area (Å²) >= 11 is 0. The summed E-state index contributed by atoms with van der Waals surface area (Å²) in [6.45, 7) is 4.14. The van der Waals surface area contributed by atoms with Crippen molar-refractivity contribution in [3.8, 4) is 0 Å². The summed E-state index contributed by atoms with van der Waals surface area (Å²) in [5.74, 6) is 0. The van der Waals surface area contributed by atoms with Crippen molar-refractivity contribution in [2.45, 2.75) is 71.9 Å². The van der Waals surface area contributed by atoms with Gasteiger partial charge in [-0.25, -0.2) is 0 Å². The molecule has 1 aliphatic heterocycles. The number of hydrogen-bond donors (Lipinski definition) is 0. The van der Waals surface area contributed by atoms with Crippen LogP contribution in [0.25, 0.3) is 0 Å². The largest absolute Gasteiger partial charge is 0.350 e. The summed E-state index contributed by atoms with van der Waals surface area (Å²) in [5.41, 5.74) is 4.31. The molecule has 0 amide bonds. The Hall–Kier alpha value is -1.44. The average molecular weight is 287 g/mol. The van der Waals surface area contributed by atoms with Crippen molar-refractivity contribution in [3.05, 3.63) is 41.2 Å². The lowest BCUT2D eigenvalue weighted by molar-refractivity contribution is 0.172. The molecule has 0 N–H and O–H groups in total. The van der Waals surface area contributed by atoms with Crippen LogP contribution in [0.5, 0.6) is 0 Å². The minimum atomic E-state index is -2.06. The molecule has 2 heteroatoms. The van der Waals surface area contributed by atoms with Gasteiger partial charge in [-0.15, -0.1) is 0 Å². The fourth-order valence-electron chi connectivity index (χ4n) is 3.83. The molecule has 2 nitrogen and oxygen atoms in total. The van der Waals surface area contributed by atoms with E-state index in [1.165, 1.54) is 19.3 Å². The quantitative estimate of drug-likeness (QED) is 0.751. The second kappa shape index (κ2) is 5.75. The third kappa shape index (κ3) is 2.45. The second-order valence-corrected chi connectivity index (χ2v) is 6.40. The number of anilines is 1. The maximum Gasteiger partial charge on any atom is 0.103 e. The summed E-state index contributed by atoms with van der Waals surface area (Å²) in [7, 11) is 0. The highest BCUT2D eigenvalue weighted by Gasteiger charge is 2.36. The first-order chi connectivity index (χ1) is 11.3. The molecule has 0 aromatic heterocycles. The monoisotopic (exact) mass is 287 g/mol. The number of aryl methyl sites for hydroxylation is 1. The Labute approximate surface area is 133 Å². The molecule has 1 heterocycles. The summed E-state index contributed by atoms with van der Waals surface area (Å²) < 4.78 is 24.7. The Morgan fingerprint density at radius 2 is 1.71 bits per heavy atom. The van der Waals surface area contributed by atoms with Gasteiger partial charge in [0.15, 0.2) is 0 Å². The lowest BCUT2D eigenvalue weighted by Gasteiger charge is -2.39. The summed E-state index contributed by atoms with van der Waals surface area (Å²) in [4.78, 5) is 4.25. The molecule has 0 saturated heterocycles. The Morgan fingerprint density at radius 3 is 2.38 bits per heavy atom. The van der Waals surface area contributed by atoms with Gasteiger partial charge in [-0.2, -0.15) is 0 Å². The van der Waals surface area contributed by atoms with Gasteiger partial charge in [0.05, 0.1) is 0 Å². The number of rotatable bonds is 2. The molecule has 1 aliphatic carbocycles. The fourth-order valence-corrected chi connectivity index (χ4v) is 3.83. The lowest BCUT2D eigenvalue weighted by Crippen LogP contribution is -2.44. The van der Waals surface area contributed by atoms with E-state index < -0.39 is 13.0 Å². The summed E-state index contributed by atoms with van der Waals surface area (Å²) in [6.07, 6.45) is 5.27. The minimum Gasteiger partial charge on any atom is -0.350 e. The molecule has 1 atom stereocenters. The van der Waals surface area contributed by atoms with Crippen molar-refractivity contribution in [1.82, 2.24) is 4.90 Å². The van der Waals surface area contributed by atoms with Gasteiger partial charge in [-0.3, -0.25) is 0 Å². The number of allylic oxidation sites excluding steroid dienone is 2. The van der Waals surface area contributed by atoms with Crippen molar-refractivity contribution in [3.63, 3.8) is 0 Å². The number of benzene rings is 1. The zero-order valence-electron chi connectivity index (χ0n) is 16.4. The first-order valence-corrected chi connectivity index (χ1v) is 8.13. The van der Waals surface area contributed by atoms with Crippen LogP contribution in [-0.2, 0) is 0 Å². The van der Waals surface area contributed by atoms with Gasteiger partial charge in [0.1, 0.15) is 6.17 Å². The minimum absolute atomic E-state index is 0.341. The van der Waals surface area contributed by atoms with Crippen LogP contribution in [0.15, 0.2) is 35.7 Å². The Morgan fingerprint density at radius 1 is 1.00 bits per heavy atom. The Bertz CT molecular complexity index is 630. The van der Waals surface area contributed by atoms with Crippen molar-refractivity contribution in [1.29, 1.82) is 0 Å². The smallest absolute Gasteiger partial charge is 0.103 e.